The number of hydrogen-bond donors (Lipinski definition) is 2. The molecule has 120 valence electrons. The second kappa shape index (κ2) is 6.59. The SMILES string of the molecule is Nc1ccc(Cl)cc1C(=O)ON(N)C(=O)c1cc(F)ccc1F. The van der Waals surface area contributed by atoms with Crippen molar-refractivity contribution in [3.8, 4) is 0 Å². The van der Waals surface area contributed by atoms with Crippen LogP contribution in [-0.2, 0) is 4.84 Å². The van der Waals surface area contributed by atoms with E-state index in [2.05, 4.69) is 4.84 Å². The Morgan fingerprint density at radius 3 is 2.48 bits per heavy atom. The molecule has 1 amide bonds. The summed E-state index contributed by atoms with van der Waals surface area (Å²) in [6.07, 6.45) is 0. The van der Waals surface area contributed by atoms with E-state index in [1.54, 1.807) is 0 Å². The highest BCUT2D eigenvalue weighted by molar-refractivity contribution is 6.31. The predicted molar refractivity (Wildman–Crippen MR) is 78.0 cm³/mol. The summed E-state index contributed by atoms with van der Waals surface area (Å²) in [5.41, 5.74) is 4.79. The average Bonchev–Trinajstić information content (AvgIpc) is 2.51. The normalized spacial score (nSPS) is 10.3. The van der Waals surface area contributed by atoms with E-state index in [0.717, 1.165) is 12.1 Å². The van der Waals surface area contributed by atoms with E-state index in [1.807, 2.05) is 0 Å². The lowest BCUT2D eigenvalue weighted by atomic mass is 10.2. The maximum atomic E-state index is 13.5. The van der Waals surface area contributed by atoms with Gasteiger partial charge >= 0.3 is 11.9 Å². The van der Waals surface area contributed by atoms with Crippen LogP contribution in [0.5, 0.6) is 0 Å². The van der Waals surface area contributed by atoms with Gasteiger partial charge in [0.2, 0.25) is 0 Å². The summed E-state index contributed by atoms with van der Waals surface area (Å²) in [4.78, 5) is 28.4. The largest absolute Gasteiger partial charge is 0.398 e. The summed E-state index contributed by atoms with van der Waals surface area (Å²) in [5.74, 6) is 1.06. The third-order valence-corrected chi connectivity index (χ3v) is 3.01. The number of nitrogens with zero attached hydrogens (tertiary/aromatic N) is 1. The van der Waals surface area contributed by atoms with Crippen LogP contribution in [0.2, 0.25) is 5.02 Å². The van der Waals surface area contributed by atoms with Crippen LogP contribution < -0.4 is 11.6 Å². The lowest BCUT2D eigenvalue weighted by molar-refractivity contribution is -0.0830. The van der Waals surface area contributed by atoms with Gasteiger partial charge < -0.3 is 10.6 Å². The van der Waals surface area contributed by atoms with Crippen LogP contribution in [0.15, 0.2) is 36.4 Å². The van der Waals surface area contributed by atoms with Crippen LogP contribution in [0.25, 0.3) is 0 Å². The molecule has 0 bridgehead atoms. The molecule has 9 heteroatoms. The van der Waals surface area contributed by atoms with Gasteiger partial charge in [-0.2, -0.15) is 0 Å². The first-order valence-electron chi connectivity index (χ1n) is 6.11. The molecule has 2 aromatic rings. The molecule has 0 fully saturated rings. The number of nitrogens with two attached hydrogens (primary N) is 2. The lowest BCUT2D eigenvalue weighted by Gasteiger charge is -2.16. The van der Waals surface area contributed by atoms with Crippen molar-refractivity contribution in [3.05, 3.63) is 64.2 Å². The van der Waals surface area contributed by atoms with Gasteiger partial charge in [0.1, 0.15) is 11.6 Å². The zero-order valence-corrected chi connectivity index (χ0v) is 12.2. The number of rotatable bonds is 2. The molecule has 0 aliphatic rings. The van der Waals surface area contributed by atoms with Crippen LogP contribution in [0, 0.1) is 11.6 Å². The van der Waals surface area contributed by atoms with Crippen LogP contribution in [-0.4, -0.2) is 17.0 Å². The first kappa shape index (κ1) is 16.7. The van der Waals surface area contributed by atoms with Crippen molar-refractivity contribution in [1.29, 1.82) is 0 Å². The number of benzene rings is 2. The van der Waals surface area contributed by atoms with E-state index in [0.29, 0.717) is 6.07 Å². The van der Waals surface area contributed by atoms with Gasteiger partial charge in [-0.25, -0.2) is 19.4 Å². The zero-order chi connectivity index (χ0) is 17.1. The molecule has 6 nitrogen and oxygen atoms in total. The Morgan fingerprint density at radius 2 is 1.78 bits per heavy atom. The van der Waals surface area contributed by atoms with Gasteiger partial charge in [0, 0.05) is 10.7 Å². The molecule has 4 N–H and O–H groups in total. The van der Waals surface area contributed by atoms with Crippen molar-refractivity contribution >= 4 is 29.2 Å². The lowest BCUT2D eigenvalue weighted by Crippen LogP contribution is -2.40. The fourth-order valence-electron chi connectivity index (χ4n) is 1.67. The number of hydrogen-bond acceptors (Lipinski definition) is 5. The summed E-state index contributed by atoms with van der Waals surface area (Å²) in [6.45, 7) is 0. The van der Waals surface area contributed by atoms with Crippen molar-refractivity contribution in [3.63, 3.8) is 0 Å². The molecular formula is C14H10ClF2N3O3. The molecule has 0 spiro atoms. The highest BCUT2D eigenvalue weighted by Crippen LogP contribution is 2.19. The second-order valence-electron chi connectivity index (χ2n) is 4.37. The van der Waals surface area contributed by atoms with Crippen LogP contribution in [0.1, 0.15) is 20.7 Å². The Hall–Kier alpha value is -2.71. The minimum atomic E-state index is -1.25. The Morgan fingerprint density at radius 1 is 1.09 bits per heavy atom. The maximum absolute atomic E-state index is 13.5. The highest BCUT2D eigenvalue weighted by atomic mass is 35.5. The number of carbonyl (C=O) groups excluding carboxylic acids is 2. The molecule has 0 atom stereocenters. The fraction of sp³-hybridized carbons (Fsp3) is 0. The molecule has 0 aromatic heterocycles. The smallest absolute Gasteiger partial charge is 0.367 e. The molecular weight excluding hydrogens is 332 g/mol. The number of carbonyl (C=O) groups is 2. The van der Waals surface area contributed by atoms with Gasteiger partial charge in [0.05, 0.1) is 11.1 Å². The third-order valence-electron chi connectivity index (χ3n) is 2.78. The third kappa shape index (κ3) is 3.74. The predicted octanol–water partition coefficient (Wildman–Crippen LogP) is 2.29. The van der Waals surface area contributed by atoms with E-state index in [9.17, 15) is 18.4 Å². The number of hydrazine groups is 1. The minimum Gasteiger partial charge on any atom is -0.398 e. The number of hydroxylamine groups is 1. The van der Waals surface area contributed by atoms with Crippen molar-refractivity contribution in [2.45, 2.75) is 0 Å². The first-order chi connectivity index (χ1) is 10.8. The molecule has 2 rings (SSSR count). The molecule has 0 saturated carbocycles. The topological polar surface area (TPSA) is 98.7 Å². The molecule has 0 heterocycles. The average molecular weight is 342 g/mol. The van der Waals surface area contributed by atoms with E-state index in [-0.39, 0.29) is 21.4 Å². The summed E-state index contributed by atoms with van der Waals surface area (Å²) < 4.78 is 26.6. The van der Waals surface area contributed by atoms with Gasteiger partial charge in [-0.05, 0) is 36.4 Å². The Balaban J connectivity index is 2.19. The van der Waals surface area contributed by atoms with Crippen LogP contribution in [0.4, 0.5) is 14.5 Å². The van der Waals surface area contributed by atoms with E-state index >= 15 is 0 Å². The van der Waals surface area contributed by atoms with E-state index in [1.165, 1.54) is 18.2 Å². The number of halogens is 3. The molecule has 23 heavy (non-hydrogen) atoms. The summed E-state index contributed by atoms with van der Waals surface area (Å²) in [5, 5.41) is 0.192. The van der Waals surface area contributed by atoms with Gasteiger partial charge in [-0.3, -0.25) is 4.79 Å². The first-order valence-corrected chi connectivity index (χ1v) is 6.49. The molecule has 0 saturated heterocycles. The maximum Gasteiger partial charge on any atom is 0.367 e. The van der Waals surface area contributed by atoms with Crippen molar-refractivity contribution in [2.24, 2.45) is 5.84 Å². The van der Waals surface area contributed by atoms with Crippen LogP contribution in [0.3, 0.4) is 0 Å². The number of anilines is 1. The van der Waals surface area contributed by atoms with E-state index < -0.39 is 29.1 Å². The summed E-state index contributed by atoms with van der Waals surface area (Å²) >= 11 is 5.73. The molecule has 0 aliphatic carbocycles. The Bertz CT molecular complexity index is 786. The van der Waals surface area contributed by atoms with E-state index in [4.69, 9.17) is 23.2 Å². The zero-order valence-electron chi connectivity index (χ0n) is 11.4. The Labute approximate surface area is 134 Å². The van der Waals surface area contributed by atoms with Gasteiger partial charge in [-0.1, -0.05) is 16.8 Å². The number of nitrogen functional groups attached to an aromatic ring is 1. The van der Waals surface area contributed by atoms with Crippen molar-refractivity contribution in [2.75, 3.05) is 5.73 Å². The summed E-state index contributed by atoms with van der Waals surface area (Å²) in [7, 11) is 0. The minimum absolute atomic E-state index is 0.0134. The van der Waals surface area contributed by atoms with Gasteiger partial charge in [-0.15, -0.1) is 0 Å². The fourth-order valence-corrected chi connectivity index (χ4v) is 1.84. The monoisotopic (exact) mass is 341 g/mol. The number of amides is 1. The molecule has 0 aliphatic heterocycles. The summed E-state index contributed by atoms with van der Waals surface area (Å²) in [6, 6.07) is 6.20. The standard InChI is InChI=1S/C14H10ClF2N3O3/c15-7-1-4-12(18)10(5-7)14(22)23-20(19)13(21)9-6-8(16)2-3-11(9)17/h1-6H,18-19H2. The Kier molecular flexibility index (Phi) is 4.77. The van der Waals surface area contributed by atoms with Crippen molar-refractivity contribution in [1.82, 2.24) is 5.17 Å². The van der Waals surface area contributed by atoms with Gasteiger partial charge in [0.15, 0.2) is 0 Å². The molecule has 0 radical (unpaired) electrons. The van der Waals surface area contributed by atoms with Crippen LogP contribution >= 0.6 is 11.6 Å². The molecule has 0 unspecified atom stereocenters. The molecule has 2 aromatic carbocycles. The van der Waals surface area contributed by atoms with Crippen molar-refractivity contribution < 1.29 is 23.2 Å². The van der Waals surface area contributed by atoms with Gasteiger partial charge in [0.25, 0.3) is 0 Å². The quantitative estimate of drug-likeness (QED) is 0.378. The highest BCUT2D eigenvalue weighted by Gasteiger charge is 2.23. The second-order valence-corrected chi connectivity index (χ2v) is 4.80.